The van der Waals surface area contributed by atoms with Crippen LogP contribution in [0.25, 0.3) is 0 Å². The van der Waals surface area contributed by atoms with Gasteiger partial charge < -0.3 is 0 Å². The second-order valence-electron chi connectivity index (χ2n) is 2.82. The first-order valence-corrected chi connectivity index (χ1v) is 4.21. The first-order chi connectivity index (χ1) is 5.90. The molecule has 0 bridgehead atoms. The Morgan fingerprint density at radius 2 is 2.00 bits per heavy atom. The van der Waals surface area contributed by atoms with Gasteiger partial charge in [0.2, 0.25) is 0 Å². The van der Waals surface area contributed by atoms with Gasteiger partial charge in [0.15, 0.2) is 5.82 Å². The van der Waals surface area contributed by atoms with Gasteiger partial charge in [0.05, 0.1) is 0 Å². The maximum absolute atomic E-state index is 4.57. The summed E-state index contributed by atoms with van der Waals surface area (Å²) in [5, 5.41) is 0. The SMILES string of the molecule is S=NC1=CC2C=CC=CC2C=N1. The molecule has 2 nitrogen and oxygen atoms in total. The Morgan fingerprint density at radius 3 is 2.75 bits per heavy atom. The molecule has 0 saturated heterocycles. The minimum absolute atomic E-state index is 0.397. The topological polar surface area (TPSA) is 24.7 Å². The largest absolute Gasteiger partial charge is 0.240 e. The zero-order chi connectivity index (χ0) is 8.39. The molecule has 0 aromatic rings. The fraction of sp³-hybridized carbons (Fsp3) is 0.222. The van der Waals surface area contributed by atoms with Crippen LogP contribution in [0.2, 0.25) is 0 Å². The van der Waals surface area contributed by atoms with E-state index in [1.807, 2.05) is 24.4 Å². The number of aliphatic imine (C=N–C) groups is 1. The zero-order valence-corrected chi connectivity index (χ0v) is 7.24. The average molecular weight is 176 g/mol. The Morgan fingerprint density at radius 1 is 1.25 bits per heavy atom. The molecule has 0 saturated carbocycles. The number of fused-ring (bicyclic) bond motifs is 1. The van der Waals surface area contributed by atoms with Crippen molar-refractivity contribution in [2.24, 2.45) is 21.2 Å². The summed E-state index contributed by atoms with van der Waals surface area (Å²) >= 11 is 4.57. The summed E-state index contributed by atoms with van der Waals surface area (Å²) in [6, 6.07) is 0. The Balaban J connectivity index is 2.28. The van der Waals surface area contributed by atoms with E-state index in [-0.39, 0.29) is 0 Å². The van der Waals surface area contributed by atoms with Gasteiger partial charge in [-0.3, -0.25) is 0 Å². The second kappa shape index (κ2) is 3.11. The molecular formula is C9H8N2S. The van der Waals surface area contributed by atoms with E-state index in [1.165, 1.54) is 0 Å². The Bertz CT molecular complexity index is 312. The van der Waals surface area contributed by atoms with Gasteiger partial charge in [0.25, 0.3) is 0 Å². The highest BCUT2D eigenvalue weighted by Gasteiger charge is 2.18. The molecule has 2 aliphatic rings. The highest BCUT2D eigenvalue weighted by Crippen LogP contribution is 2.25. The number of hydrogen-bond acceptors (Lipinski definition) is 3. The van der Waals surface area contributed by atoms with Crippen LogP contribution in [-0.2, 0) is 12.4 Å². The van der Waals surface area contributed by atoms with Crippen molar-refractivity contribution >= 4 is 18.6 Å². The maximum Gasteiger partial charge on any atom is 0.161 e. The summed E-state index contributed by atoms with van der Waals surface area (Å²) in [6.07, 6.45) is 12.2. The molecule has 2 atom stereocenters. The van der Waals surface area contributed by atoms with Crippen molar-refractivity contribution in [2.45, 2.75) is 0 Å². The molecule has 0 amide bonds. The molecule has 60 valence electrons. The third-order valence-corrected chi connectivity index (χ3v) is 2.22. The van der Waals surface area contributed by atoms with Crippen molar-refractivity contribution in [2.75, 3.05) is 0 Å². The normalized spacial score (nSPS) is 31.2. The lowest BCUT2D eigenvalue weighted by Crippen LogP contribution is -2.15. The van der Waals surface area contributed by atoms with Crippen LogP contribution in [0.1, 0.15) is 0 Å². The van der Waals surface area contributed by atoms with Crippen LogP contribution in [0.15, 0.2) is 45.6 Å². The first kappa shape index (κ1) is 7.55. The van der Waals surface area contributed by atoms with Crippen molar-refractivity contribution < 1.29 is 0 Å². The number of hydrogen-bond donors (Lipinski definition) is 0. The predicted octanol–water partition coefficient (Wildman–Crippen LogP) is 2.00. The highest BCUT2D eigenvalue weighted by molar-refractivity contribution is 7.47. The van der Waals surface area contributed by atoms with Crippen molar-refractivity contribution in [3.8, 4) is 0 Å². The predicted molar refractivity (Wildman–Crippen MR) is 51.6 cm³/mol. The lowest BCUT2D eigenvalue weighted by atomic mass is 9.88. The second-order valence-corrected chi connectivity index (χ2v) is 3.00. The monoisotopic (exact) mass is 176 g/mol. The minimum Gasteiger partial charge on any atom is -0.240 e. The van der Waals surface area contributed by atoms with E-state index in [4.69, 9.17) is 0 Å². The van der Waals surface area contributed by atoms with E-state index in [0.29, 0.717) is 17.7 Å². The molecule has 0 fully saturated rings. The molecule has 3 heteroatoms. The number of allylic oxidation sites excluding steroid dienone is 5. The van der Waals surface area contributed by atoms with Crippen molar-refractivity contribution in [3.05, 3.63) is 36.2 Å². The fourth-order valence-electron chi connectivity index (χ4n) is 1.39. The van der Waals surface area contributed by atoms with Gasteiger partial charge in [0.1, 0.15) is 0 Å². The fourth-order valence-corrected chi connectivity index (χ4v) is 1.50. The summed E-state index contributed by atoms with van der Waals surface area (Å²) in [7, 11) is 0. The Labute approximate surface area is 76.6 Å². The Hall–Kier alpha value is -1.09. The summed E-state index contributed by atoms with van der Waals surface area (Å²) in [5.41, 5.74) is 0. The third-order valence-electron chi connectivity index (χ3n) is 2.04. The summed E-state index contributed by atoms with van der Waals surface area (Å²) in [6.45, 7) is 0. The molecular weight excluding hydrogens is 168 g/mol. The van der Waals surface area contributed by atoms with Gasteiger partial charge in [0, 0.05) is 30.5 Å². The molecule has 1 aliphatic carbocycles. The standard InChI is InChI=1S/C9H8N2S/c12-11-9-5-7-3-1-2-4-8(7)6-10-9/h1-8H. The maximum atomic E-state index is 4.57. The van der Waals surface area contributed by atoms with Crippen LogP contribution in [-0.4, -0.2) is 6.21 Å². The molecule has 0 N–H and O–H groups in total. The highest BCUT2D eigenvalue weighted by atomic mass is 32.1. The lowest BCUT2D eigenvalue weighted by molar-refractivity contribution is 0.694. The van der Waals surface area contributed by atoms with Crippen molar-refractivity contribution in [1.29, 1.82) is 0 Å². The van der Waals surface area contributed by atoms with Crippen LogP contribution >= 0.6 is 0 Å². The molecule has 0 aromatic heterocycles. The summed E-state index contributed by atoms with van der Waals surface area (Å²) in [4.78, 5) is 4.11. The summed E-state index contributed by atoms with van der Waals surface area (Å²) in [5.74, 6) is 1.45. The van der Waals surface area contributed by atoms with E-state index in [2.05, 4.69) is 33.9 Å². The smallest absolute Gasteiger partial charge is 0.161 e. The van der Waals surface area contributed by atoms with Gasteiger partial charge in [-0.15, -0.1) is 0 Å². The quantitative estimate of drug-likeness (QED) is 0.599. The van der Waals surface area contributed by atoms with Gasteiger partial charge in [-0.25, -0.2) is 4.99 Å². The van der Waals surface area contributed by atoms with Gasteiger partial charge in [-0.05, 0) is 6.08 Å². The van der Waals surface area contributed by atoms with Crippen LogP contribution in [0, 0.1) is 11.8 Å². The van der Waals surface area contributed by atoms with E-state index in [1.54, 1.807) is 0 Å². The molecule has 12 heavy (non-hydrogen) atoms. The minimum atomic E-state index is 0.397. The van der Waals surface area contributed by atoms with E-state index in [0.717, 1.165) is 0 Å². The van der Waals surface area contributed by atoms with Gasteiger partial charge in [-0.1, -0.05) is 24.3 Å². The lowest BCUT2D eigenvalue weighted by Gasteiger charge is -2.20. The molecule has 2 unspecified atom stereocenters. The molecule has 0 spiro atoms. The molecule has 1 heterocycles. The third kappa shape index (κ3) is 1.28. The van der Waals surface area contributed by atoms with Crippen LogP contribution in [0.4, 0.5) is 0 Å². The van der Waals surface area contributed by atoms with Gasteiger partial charge in [-0.2, -0.15) is 4.36 Å². The molecule has 0 radical (unpaired) electrons. The van der Waals surface area contributed by atoms with Crippen LogP contribution in [0.5, 0.6) is 0 Å². The average Bonchev–Trinajstić information content (AvgIpc) is 2.17. The van der Waals surface area contributed by atoms with Gasteiger partial charge >= 0.3 is 0 Å². The van der Waals surface area contributed by atoms with E-state index >= 15 is 0 Å². The Kier molecular flexibility index (Phi) is 1.96. The van der Waals surface area contributed by atoms with E-state index < -0.39 is 0 Å². The van der Waals surface area contributed by atoms with Crippen molar-refractivity contribution in [1.82, 2.24) is 0 Å². The number of nitrogens with zero attached hydrogens (tertiary/aromatic N) is 2. The molecule has 2 rings (SSSR count). The van der Waals surface area contributed by atoms with E-state index in [9.17, 15) is 0 Å². The zero-order valence-electron chi connectivity index (χ0n) is 6.42. The van der Waals surface area contributed by atoms with Crippen molar-refractivity contribution in [3.63, 3.8) is 0 Å². The molecule has 0 aromatic carbocycles. The van der Waals surface area contributed by atoms with Crippen LogP contribution < -0.4 is 0 Å². The summed E-state index contributed by atoms with van der Waals surface area (Å²) < 4.78 is 3.63. The first-order valence-electron chi connectivity index (χ1n) is 3.84. The van der Waals surface area contributed by atoms with Crippen LogP contribution in [0.3, 0.4) is 0 Å². The molecule has 1 aliphatic heterocycles. The number of rotatable bonds is 1.